The molecule has 0 unspecified atom stereocenters. The number of rotatable bonds is 5. The van der Waals surface area contributed by atoms with Crippen LogP contribution in [0.1, 0.15) is 41.9 Å². The van der Waals surface area contributed by atoms with Gasteiger partial charge in [-0.15, -0.1) is 0 Å². The third-order valence-corrected chi connectivity index (χ3v) is 5.43. The zero-order valence-electron chi connectivity index (χ0n) is 17.0. The van der Waals surface area contributed by atoms with E-state index >= 15 is 0 Å². The summed E-state index contributed by atoms with van der Waals surface area (Å²) in [6.45, 7) is 2.66. The molecular formula is C22H22N4O5. The number of nitro groups is 1. The molecule has 1 saturated heterocycles. The smallest absolute Gasteiger partial charge is 0.270 e. The van der Waals surface area contributed by atoms with Crippen molar-refractivity contribution in [1.29, 1.82) is 0 Å². The number of carbonyl (C=O) groups is 2. The Morgan fingerprint density at radius 2 is 2.06 bits per heavy atom. The van der Waals surface area contributed by atoms with Crippen LogP contribution in [-0.2, 0) is 4.79 Å². The van der Waals surface area contributed by atoms with Gasteiger partial charge >= 0.3 is 0 Å². The average molecular weight is 422 g/mol. The highest BCUT2D eigenvalue weighted by Gasteiger charge is 2.31. The Bertz CT molecular complexity index is 1110. The van der Waals surface area contributed by atoms with E-state index in [0.29, 0.717) is 19.0 Å². The molecular weight excluding hydrogens is 400 g/mol. The quantitative estimate of drug-likeness (QED) is 0.498. The summed E-state index contributed by atoms with van der Waals surface area (Å²) in [5.41, 5.74) is 1.47. The van der Waals surface area contributed by atoms with Gasteiger partial charge in [0.1, 0.15) is 11.6 Å². The van der Waals surface area contributed by atoms with Crippen molar-refractivity contribution in [2.45, 2.75) is 31.7 Å². The Labute approximate surface area is 178 Å². The summed E-state index contributed by atoms with van der Waals surface area (Å²) in [5.74, 6) is -0.131. The number of carbonyl (C=O) groups excluding carboxylic acids is 2. The minimum atomic E-state index is -0.769. The minimum Gasteiger partial charge on any atom is -0.440 e. The zero-order chi connectivity index (χ0) is 22.0. The monoisotopic (exact) mass is 422 g/mol. The van der Waals surface area contributed by atoms with Crippen LogP contribution < -0.4 is 5.32 Å². The maximum Gasteiger partial charge on any atom is 0.270 e. The number of amides is 2. The lowest BCUT2D eigenvalue weighted by Gasteiger charge is -2.33. The molecule has 0 bridgehead atoms. The van der Waals surface area contributed by atoms with E-state index in [-0.39, 0.29) is 23.1 Å². The molecule has 9 heteroatoms. The molecule has 2 atom stereocenters. The van der Waals surface area contributed by atoms with E-state index in [9.17, 15) is 19.7 Å². The first-order valence-electron chi connectivity index (χ1n) is 10.1. The Kier molecular flexibility index (Phi) is 5.66. The standard InChI is InChI=1S/C22H22N4O5/c1-14(23-20(27)15-6-4-8-17(12-15)26(29)30)22(28)25-11-5-7-16(13-25)21-24-18-9-2-3-10-19(18)31-21/h2-4,6,8-10,12,14,16H,5,7,11,13H2,1H3,(H,23,27)/t14-,16-/m0/s1. The van der Waals surface area contributed by atoms with E-state index in [0.717, 1.165) is 23.9 Å². The highest BCUT2D eigenvalue weighted by atomic mass is 16.6. The maximum atomic E-state index is 12.9. The largest absolute Gasteiger partial charge is 0.440 e. The second-order valence-electron chi connectivity index (χ2n) is 7.65. The lowest BCUT2D eigenvalue weighted by molar-refractivity contribution is -0.384. The number of para-hydroxylation sites is 2. The molecule has 1 aliphatic rings. The number of nitrogens with one attached hydrogen (secondary N) is 1. The maximum absolute atomic E-state index is 12.9. The van der Waals surface area contributed by atoms with Crippen molar-refractivity contribution in [2.24, 2.45) is 0 Å². The first-order valence-corrected chi connectivity index (χ1v) is 10.1. The molecule has 1 fully saturated rings. The number of hydrogen-bond donors (Lipinski definition) is 1. The van der Waals surface area contributed by atoms with Gasteiger partial charge < -0.3 is 14.6 Å². The van der Waals surface area contributed by atoms with E-state index in [1.807, 2.05) is 24.3 Å². The van der Waals surface area contributed by atoms with Crippen molar-refractivity contribution < 1.29 is 18.9 Å². The summed E-state index contributed by atoms with van der Waals surface area (Å²) in [7, 11) is 0. The van der Waals surface area contributed by atoms with Crippen molar-refractivity contribution >= 4 is 28.6 Å². The van der Waals surface area contributed by atoms with Crippen LogP contribution in [0.2, 0.25) is 0 Å². The highest BCUT2D eigenvalue weighted by molar-refractivity contribution is 5.97. The molecule has 2 amide bonds. The van der Waals surface area contributed by atoms with E-state index < -0.39 is 16.9 Å². The highest BCUT2D eigenvalue weighted by Crippen LogP contribution is 2.29. The summed E-state index contributed by atoms with van der Waals surface area (Å²) >= 11 is 0. The van der Waals surface area contributed by atoms with Crippen LogP contribution in [-0.4, -0.2) is 45.8 Å². The molecule has 9 nitrogen and oxygen atoms in total. The lowest BCUT2D eigenvalue weighted by atomic mass is 9.97. The Hall–Kier alpha value is -3.75. The number of fused-ring (bicyclic) bond motifs is 1. The van der Waals surface area contributed by atoms with Crippen LogP contribution in [0.4, 0.5) is 5.69 Å². The van der Waals surface area contributed by atoms with Gasteiger partial charge in [0, 0.05) is 30.8 Å². The van der Waals surface area contributed by atoms with Crippen molar-refractivity contribution in [3.05, 3.63) is 70.1 Å². The molecule has 0 spiro atoms. The van der Waals surface area contributed by atoms with Gasteiger partial charge in [0.25, 0.3) is 11.6 Å². The van der Waals surface area contributed by atoms with Gasteiger partial charge in [-0.05, 0) is 38.0 Å². The normalized spacial score (nSPS) is 17.3. The van der Waals surface area contributed by atoms with Crippen LogP contribution in [0.25, 0.3) is 11.1 Å². The number of nitrogens with zero attached hydrogens (tertiary/aromatic N) is 3. The predicted octanol–water partition coefficient (Wildman–Crippen LogP) is 3.26. The SMILES string of the molecule is C[C@H](NC(=O)c1cccc([N+](=O)[O-])c1)C(=O)N1CCC[C@H](c2nc3ccccc3o2)C1. The number of piperidine rings is 1. The summed E-state index contributed by atoms with van der Waals surface area (Å²) in [6, 6.07) is 12.2. The van der Waals surface area contributed by atoms with E-state index in [2.05, 4.69) is 10.3 Å². The molecule has 3 aromatic rings. The van der Waals surface area contributed by atoms with E-state index in [4.69, 9.17) is 4.42 Å². The van der Waals surface area contributed by atoms with Crippen molar-refractivity contribution in [3.8, 4) is 0 Å². The van der Waals surface area contributed by atoms with Crippen molar-refractivity contribution in [3.63, 3.8) is 0 Å². The summed E-state index contributed by atoms with van der Waals surface area (Å²) in [4.78, 5) is 42.0. The summed E-state index contributed by atoms with van der Waals surface area (Å²) < 4.78 is 5.88. The Morgan fingerprint density at radius 3 is 2.84 bits per heavy atom. The molecule has 0 aliphatic carbocycles. The van der Waals surface area contributed by atoms with Crippen molar-refractivity contribution in [1.82, 2.24) is 15.2 Å². The van der Waals surface area contributed by atoms with Gasteiger partial charge in [-0.25, -0.2) is 4.98 Å². The van der Waals surface area contributed by atoms with Gasteiger partial charge in [-0.1, -0.05) is 18.2 Å². The fourth-order valence-corrected chi connectivity index (χ4v) is 3.82. The molecule has 0 saturated carbocycles. The fourth-order valence-electron chi connectivity index (χ4n) is 3.82. The molecule has 2 aromatic carbocycles. The number of likely N-dealkylation sites (tertiary alicyclic amines) is 1. The van der Waals surface area contributed by atoms with Crippen LogP contribution >= 0.6 is 0 Å². The number of nitro benzene ring substituents is 1. The molecule has 31 heavy (non-hydrogen) atoms. The van der Waals surface area contributed by atoms with Gasteiger partial charge in [-0.2, -0.15) is 0 Å². The van der Waals surface area contributed by atoms with Gasteiger partial charge in [-0.3, -0.25) is 19.7 Å². The molecule has 0 radical (unpaired) electrons. The summed E-state index contributed by atoms with van der Waals surface area (Å²) in [5, 5.41) is 13.6. The lowest BCUT2D eigenvalue weighted by Crippen LogP contribution is -2.49. The molecule has 1 N–H and O–H groups in total. The van der Waals surface area contributed by atoms with Crippen LogP contribution in [0, 0.1) is 10.1 Å². The van der Waals surface area contributed by atoms with Gasteiger partial charge in [0.2, 0.25) is 5.91 Å². The number of aromatic nitrogens is 1. The zero-order valence-corrected chi connectivity index (χ0v) is 17.0. The second-order valence-corrected chi connectivity index (χ2v) is 7.65. The number of oxazole rings is 1. The molecule has 4 rings (SSSR count). The first-order chi connectivity index (χ1) is 14.9. The van der Waals surface area contributed by atoms with E-state index in [1.165, 1.54) is 24.3 Å². The molecule has 1 aromatic heterocycles. The average Bonchev–Trinajstić information content (AvgIpc) is 3.23. The minimum absolute atomic E-state index is 0.00947. The number of non-ortho nitro benzene ring substituents is 1. The van der Waals surface area contributed by atoms with Crippen LogP contribution in [0.3, 0.4) is 0 Å². The van der Waals surface area contributed by atoms with Crippen LogP contribution in [0.15, 0.2) is 52.9 Å². The third-order valence-electron chi connectivity index (χ3n) is 5.43. The first kappa shape index (κ1) is 20.5. The van der Waals surface area contributed by atoms with Crippen molar-refractivity contribution in [2.75, 3.05) is 13.1 Å². The molecule has 160 valence electrons. The molecule has 2 heterocycles. The van der Waals surface area contributed by atoms with Gasteiger partial charge in [0.05, 0.1) is 10.8 Å². The number of hydrogen-bond acceptors (Lipinski definition) is 6. The fraction of sp³-hybridized carbons (Fsp3) is 0.318. The predicted molar refractivity (Wildman–Crippen MR) is 113 cm³/mol. The topological polar surface area (TPSA) is 119 Å². The van der Waals surface area contributed by atoms with E-state index in [1.54, 1.807) is 11.8 Å². The van der Waals surface area contributed by atoms with Gasteiger partial charge in [0.15, 0.2) is 11.5 Å². The van der Waals surface area contributed by atoms with Crippen LogP contribution in [0.5, 0.6) is 0 Å². The number of benzene rings is 2. The summed E-state index contributed by atoms with van der Waals surface area (Å²) in [6.07, 6.45) is 1.67. The molecule has 1 aliphatic heterocycles. The second kappa shape index (κ2) is 8.55. The third kappa shape index (κ3) is 4.40. The Balaban J connectivity index is 1.41. The Morgan fingerprint density at radius 1 is 1.26 bits per heavy atom.